The molecular weight excluding hydrogens is 382 g/mol. The van der Waals surface area contributed by atoms with Crippen LogP contribution in [0.3, 0.4) is 0 Å². The number of benzene rings is 2. The molecule has 1 amide bonds. The highest BCUT2D eigenvalue weighted by atomic mass is 35.5. The van der Waals surface area contributed by atoms with Crippen molar-refractivity contribution in [3.8, 4) is 0 Å². The lowest BCUT2D eigenvalue weighted by Crippen LogP contribution is -2.33. The van der Waals surface area contributed by atoms with E-state index in [1.807, 2.05) is 24.3 Å². The van der Waals surface area contributed by atoms with Crippen LogP contribution in [0.5, 0.6) is 0 Å². The maximum Gasteiger partial charge on any atom is 0.289 e. The van der Waals surface area contributed by atoms with E-state index in [0.717, 1.165) is 22.8 Å². The molecular formula is C21H18ClNO3S. The van der Waals surface area contributed by atoms with Gasteiger partial charge in [0.1, 0.15) is 5.58 Å². The molecule has 1 atom stereocenters. The lowest BCUT2D eigenvalue weighted by molar-refractivity contribution is 0.0735. The molecule has 0 unspecified atom stereocenters. The van der Waals surface area contributed by atoms with Crippen molar-refractivity contribution in [1.82, 2.24) is 4.90 Å². The number of nitrogens with zero attached hydrogens (tertiary/aromatic N) is 1. The Labute approximate surface area is 166 Å². The van der Waals surface area contributed by atoms with Gasteiger partial charge in [-0.05, 0) is 30.2 Å². The molecule has 0 N–H and O–H groups in total. The summed E-state index contributed by atoms with van der Waals surface area (Å²) in [6.07, 6.45) is 0.804. The number of rotatable bonds is 2. The zero-order chi connectivity index (χ0) is 18.8. The summed E-state index contributed by atoms with van der Waals surface area (Å²) in [4.78, 5) is 27.0. The quantitative estimate of drug-likeness (QED) is 0.623. The van der Waals surface area contributed by atoms with Gasteiger partial charge >= 0.3 is 0 Å². The lowest BCUT2D eigenvalue weighted by atomic mass is 10.1. The average Bonchev–Trinajstić information content (AvgIpc) is 2.94. The second-order valence-electron chi connectivity index (χ2n) is 6.43. The molecule has 0 saturated carbocycles. The summed E-state index contributed by atoms with van der Waals surface area (Å²) in [5.41, 5.74) is 1.35. The molecule has 138 valence electrons. The number of halogens is 1. The molecule has 4 nitrogen and oxygen atoms in total. The highest BCUT2D eigenvalue weighted by Gasteiger charge is 2.25. The molecule has 1 aliphatic heterocycles. The summed E-state index contributed by atoms with van der Waals surface area (Å²) >= 11 is 8.14. The van der Waals surface area contributed by atoms with Crippen molar-refractivity contribution in [2.75, 3.05) is 18.8 Å². The van der Waals surface area contributed by atoms with Crippen molar-refractivity contribution in [1.29, 1.82) is 0 Å². The second kappa shape index (κ2) is 7.79. The summed E-state index contributed by atoms with van der Waals surface area (Å²) in [5.74, 6) is 0.664. The van der Waals surface area contributed by atoms with E-state index in [1.54, 1.807) is 40.9 Å². The Morgan fingerprint density at radius 2 is 1.89 bits per heavy atom. The van der Waals surface area contributed by atoms with Crippen molar-refractivity contribution in [2.24, 2.45) is 0 Å². The van der Waals surface area contributed by atoms with Gasteiger partial charge in [-0.2, -0.15) is 11.8 Å². The van der Waals surface area contributed by atoms with Crippen molar-refractivity contribution < 1.29 is 9.21 Å². The van der Waals surface area contributed by atoms with Crippen LogP contribution in [0.1, 0.15) is 27.8 Å². The van der Waals surface area contributed by atoms with Crippen molar-refractivity contribution >= 4 is 40.2 Å². The number of hydrogen-bond acceptors (Lipinski definition) is 4. The Kier molecular flexibility index (Phi) is 5.23. The van der Waals surface area contributed by atoms with Gasteiger partial charge in [-0.3, -0.25) is 9.59 Å². The van der Waals surface area contributed by atoms with E-state index in [4.69, 9.17) is 16.0 Å². The third-order valence-electron chi connectivity index (χ3n) is 4.73. The molecule has 2 aromatic carbocycles. The minimum atomic E-state index is -0.238. The molecule has 1 fully saturated rings. The van der Waals surface area contributed by atoms with Crippen LogP contribution in [0, 0.1) is 0 Å². The number of hydrogen-bond donors (Lipinski definition) is 0. The fraction of sp³-hybridized carbons (Fsp3) is 0.238. The Bertz CT molecular complexity index is 1050. The molecule has 1 saturated heterocycles. The van der Waals surface area contributed by atoms with E-state index >= 15 is 0 Å². The van der Waals surface area contributed by atoms with Crippen molar-refractivity contribution in [3.63, 3.8) is 0 Å². The number of para-hydroxylation sites is 1. The average molecular weight is 400 g/mol. The SMILES string of the molecule is O=C(c1cc(=O)c2ccccc2o1)N1CCS[C@H](c2ccccc2Cl)CC1. The summed E-state index contributed by atoms with van der Waals surface area (Å²) < 4.78 is 5.71. The van der Waals surface area contributed by atoms with Crippen LogP contribution in [-0.2, 0) is 0 Å². The zero-order valence-corrected chi connectivity index (χ0v) is 16.1. The minimum Gasteiger partial charge on any atom is -0.451 e. The first kappa shape index (κ1) is 18.1. The number of amides is 1. The third-order valence-corrected chi connectivity index (χ3v) is 6.38. The van der Waals surface area contributed by atoms with Crippen LogP contribution in [0.15, 0.2) is 63.8 Å². The topological polar surface area (TPSA) is 50.5 Å². The maximum atomic E-state index is 12.9. The molecule has 3 aromatic rings. The van der Waals surface area contributed by atoms with E-state index in [2.05, 4.69) is 0 Å². The van der Waals surface area contributed by atoms with Gasteiger partial charge in [-0.15, -0.1) is 0 Å². The second-order valence-corrected chi connectivity index (χ2v) is 8.15. The molecule has 27 heavy (non-hydrogen) atoms. The van der Waals surface area contributed by atoms with Gasteiger partial charge in [0.05, 0.1) is 5.39 Å². The van der Waals surface area contributed by atoms with Gasteiger partial charge in [0, 0.05) is 35.2 Å². The van der Waals surface area contributed by atoms with Crippen molar-refractivity contribution in [2.45, 2.75) is 11.7 Å². The fourth-order valence-corrected chi connectivity index (χ4v) is 4.92. The van der Waals surface area contributed by atoms with Crippen LogP contribution < -0.4 is 5.43 Å². The number of carbonyl (C=O) groups is 1. The molecule has 6 heteroatoms. The van der Waals surface area contributed by atoms with Crippen LogP contribution in [0.4, 0.5) is 0 Å². The number of carbonyl (C=O) groups excluding carboxylic acids is 1. The fourth-order valence-electron chi connectivity index (χ4n) is 3.32. The van der Waals surface area contributed by atoms with Crippen molar-refractivity contribution in [3.05, 3.63) is 81.2 Å². The maximum absolute atomic E-state index is 12.9. The Balaban J connectivity index is 1.55. The largest absolute Gasteiger partial charge is 0.451 e. The summed E-state index contributed by atoms with van der Waals surface area (Å²) in [5, 5.41) is 1.50. The molecule has 2 heterocycles. The summed E-state index contributed by atoms with van der Waals surface area (Å²) in [6.45, 7) is 1.21. The molecule has 0 spiro atoms. The molecule has 1 aromatic heterocycles. The Morgan fingerprint density at radius 3 is 2.74 bits per heavy atom. The molecule has 4 rings (SSSR count). The standard InChI is InChI=1S/C21H18ClNO3S/c22-16-7-3-1-5-14(16)20-9-10-23(11-12-27-20)21(25)19-13-17(24)15-6-2-4-8-18(15)26-19/h1-8,13,20H,9-12H2/t20-/m0/s1. The van der Waals surface area contributed by atoms with Gasteiger partial charge in [0.25, 0.3) is 5.91 Å². The van der Waals surface area contributed by atoms with Crippen LogP contribution in [0.25, 0.3) is 11.0 Å². The molecule has 1 aliphatic rings. The van der Waals surface area contributed by atoms with Gasteiger partial charge in [-0.25, -0.2) is 0 Å². The van der Waals surface area contributed by atoms with Crippen LogP contribution in [0.2, 0.25) is 5.02 Å². The Hall–Kier alpha value is -2.24. The monoisotopic (exact) mass is 399 g/mol. The highest BCUT2D eigenvalue weighted by molar-refractivity contribution is 7.99. The number of fused-ring (bicyclic) bond motifs is 1. The molecule has 0 aliphatic carbocycles. The van der Waals surface area contributed by atoms with Gasteiger partial charge in [0.2, 0.25) is 0 Å². The van der Waals surface area contributed by atoms with Gasteiger partial charge < -0.3 is 9.32 Å². The van der Waals surface area contributed by atoms with E-state index in [9.17, 15) is 9.59 Å². The van der Waals surface area contributed by atoms with Crippen LogP contribution in [-0.4, -0.2) is 29.6 Å². The van der Waals surface area contributed by atoms with E-state index in [1.165, 1.54) is 6.07 Å². The van der Waals surface area contributed by atoms with Crippen LogP contribution >= 0.6 is 23.4 Å². The smallest absolute Gasteiger partial charge is 0.289 e. The summed E-state index contributed by atoms with van der Waals surface area (Å²) in [7, 11) is 0. The molecule has 0 radical (unpaired) electrons. The first-order valence-electron chi connectivity index (χ1n) is 8.81. The predicted molar refractivity (Wildman–Crippen MR) is 110 cm³/mol. The van der Waals surface area contributed by atoms with Gasteiger partial charge in [-0.1, -0.05) is 41.9 Å². The summed E-state index contributed by atoms with van der Waals surface area (Å²) in [6, 6.07) is 16.1. The zero-order valence-electron chi connectivity index (χ0n) is 14.6. The predicted octanol–water partition coefficient (Wildman–Crippen LogP) is 4.77. The Morgan fingerprint density at radius 1 is 1.11 bits per heavy atom. The molecule has 0 bridgehead atoms. The lowest BCUT2D eigenvalue weighted by Gasteiger charge is -2.20. The first-order valence-corrected chi connectivity index (χ1v) is 10.2. The highest BCUT2D eigenvalue weighted by Crippen LogP contribution is 2.38. The van der Waals surface area contributed by atoms with Gasteiger partial charge in [0.15, 0.2) is 11.2 Å². The minimum absolute atomic E-state index is 0.0971. The van der Waals surface area contributed by atoms with E-state index < -0.39 is 0 Å². The number of thioether (sulfide) groups is 1. The normalized spacial score (nSPS) is 17.7. The first-order chi connectivity index (χ1) is 13.1. The third kappa shape index (κ3) is 3.75. The van der Waals surface area contributed by atoms with E-state index in [0.29, 0.717) is 24.1 Å². The van der Waals surface area contributed by atoms with E-state index in [-0.39, 0.29) is 22.3 Å².